The van der Waals surface area contributed by atoms with Gasteiger partial charge in [-0.1, -0.05) is 0 Å². The molecule has 0 aliphatic rings. The van der Waals surface area contributed by atoms with Crippen LogP contribution in [0.1, 0.15) is 38.3 Å². The molecule has 1 heterocycles. The van der Waals surface area contributed by atoms with Crippen LogP contribution in [0.3, 0.4) is 0 Å². The molecule has 4 atom stereocenters. The summed E-state index contributed by atoms with van der Waals surface area (Å²) in [4.78, 5) is 77.1. The maximum absolute atomic E-state index is 12.8. The molecule has 15 nitrogen and oxygen atoms in total. The van der Waals surface area contributed by atoms with Crippen LogP contribution in [-0.4, -0.2) is 85.1 Å². The van der Waals surface area contributed by atoms with E-state index in [1.807, 2.05) is 0 Å². The Kier molecular flexibility index (Phi) is 11.1. The average molecular weight is 484 g/mol. The fourth-order valence-corrected chi connectivity index (χ4v) is 2.73. The highest BCUT2D eigenvalue weighted by atomic mass is 16.4. The van der Waals surface area contributed by atoms with E-state index >= 15 is 0 Å². The van der Waals surface area contributed by atoms with Crippen molar-refractivity contribution in [1.82, 2.24) is 25.9 Å². The fourth-order valence-electron chi connectivity index (χ4n) is 2.73. The van der Waals surface area contributed by atoms with Crippen LogP contribution in [0.5, 0.6) is 0 Å². The van der Waals surface area contributed by atoms with Gasteiger partial charge in [-0.25, -0.2) is 4.98 Å². The number of carboxylic acid groups (broad SMARTS) is 3. The van der Waals surface area contributed by atoms with Crippen LogP contribution in [0.25, 0.3) is 0 Å². The number of aromatic amines is 1. The number of nitrogens with one attached hydrogen (secondary N) is 4. The number of hydrogen-bond donors (Lipinski definition) is 8. The maximum Gasteiger partial charge on any atom is 0.325 e. The number of amides is 3. The molecule has 3 amide bonds. The molecule has 34 heavy (non-hydrogen) atoms. The summed E-state index contributed by atoms with van der Waals surface area (Å²) in [6.07, 6.45) is 1.13. The Morgan fingerprint density at radius 2 is 1.41 bits per heavy atom. The second-order valence-electron chi connectivity index (χ2n) is 7.44. The third-order valence-corrected chi connectivity index (χ3v) is 4.62. The zero-order valence-corrected chi connectivity index (χ0v) is 18.3. The molecule has 1 aromatic rings. The van der Waals surface area contributed by atoms with E-state index in [9.17, 15) is 28.8 Å². The lowest BCUT2D eigenvalue weighted by Crippen LogP contribution is -2.57. The molecule has 188 valence electrons. The van der Waals surface area contributed by atoms with Gasteiger partial charge in [0.1, 0.15) is 18.1 Å². The molecule has 1 aromatic heterocycles. The van der Waals surface area contributed by atoms with Gasteiger partial charge in [-0.15, -0.1) is 0 Å². The molecule has 0 aromatic carbocycles. The molecule has 0 bridgehead atoms. The lowest BCUT2D eigenvalue weighted by molar-refractivity contribution is -0.142. The lowest BCUT2D eigenvalue weighted by atomic mass is 10.1. The summed E-state index contributed by atoms with van der Waals surface area (Å²) in [5, 5.41) is 33.5. The zero-order valence-electron chi connectivity index (χ0n) is 18.3. The number of carbonyl (C=O) groups excluding carboxylic acids is 3. The molecular formula is C19H28N6O9. The highest BCUT2D eigenvalue weighted by molar-refractivity contribution is 5.94. The molecular weight excluding hydrogens is 456 g/mol. The van der Waals surface area contributed by atoms with Crippen molar-refractivity contribution in [2.24, 2.45) is 5.73 Å². The minimum absolute atomic E-state index is 0.0514. The Balaban J connectivity index is 2.94. The van der Waals surface area contributed by atoms with Crippen LogP contribution in [0, 0.1) is 0 Å². The SMILES string of the molecule is CC(NC(=O)C(CCC(=O)O)NC(=O)C(CCC(=O)O)NC(=O)C(N)Cc1cnc[nH]1)C(=O)O. The van der Waals surface area contributed by atoms with E-state index in [0.717, 1.165) is 0 Å². The quantitative estimate of drug-likeness (QED) is 0.130. The van der Waals surface area contributed by atoms with Gasteiger partial charge in [-0.05, 0) is 19.8 Å². The minimum atomic E-state index is -1.45. The van der Waals surface area contributed by atoms with Crippen molar-refractivity contribution in [3.05, 3.63) is 18.2 Å². The standard InChI is InChI=1S/C19H28N6O9/c1-9(19(33)34)23-17(31)12(2-4-14(26)27)25-18(32)13(3-5-15(28)29)24-16(30)11(20)6-10-7-21-8-22-10/h7-9,11-13H,2-6,20H2,1H3,(H,21,22)(H,23,31)(H,24,30)(H,25,32)(H,26,27)(H,28,29)(H,33,34). The molecule has 15 heteroatoms. The Morgan fingerprint density at radius 3 is 1.85 bits per heavy atom. The molecule has 9 N–H and O–H groups in total. The number of H-pyrrole nitrogens is 1. The van der Waals surface area contributed by atoms with Crippen molar-refractivity contribution in [3.63, 3.8) is 0 Å². The first-order chi connectivity index (χ1) is 15.9. The van der Waals surface area contributed by atoms with Crippen molar-refractivity contribution >= 4 is 35.6 Å². The highest BCUT2D eigenvalue weighted by Gasteiger charge is 2.30. The van der Waals surface area contributed by atoms with Crippen LogP contribution in [0.4, 0.5) is 0 Å². The van der Waals surface area contributed by atoms with Gasteiger partial charge >= 0.3 is 17.9 Å². The van der Waals surface area contributed by atoms with Gasteiger partial charge in [-0.2, -0.15) is 0 Å². The first kappa shape index (κ1) is 28.0. The smallest absolute Gasteiger partial charge is 0.325 e. The van der Waals surface area contributed by atoms with E-state index < -0.39 is 72.6 Å². The minimum Gasteiger partial charge on any atom is -0.481 e. The molecule has 0 spiro atoms. The maximum atomic E-state index is 12.8. The number of carboxylic acids is 3. The monoisotopic (exact) mass is 484 g/mol. The van der Waals surface area contributed by atoms with E-state index in [-0.39, 0.29) is 19.3 Å². The van der Waals surface area contributed by atoms with Crippen molar-refractivity contribution < 1.29 is 44.1 Å². The number of aliphatic carboxylic acids is 3. The largest absolute Gasteiger partial charge is 0.481 e. The summed E-state index contributed by atoms with van der Waals surface area (Å²) in [5.41, 5.74) is 6.38. The second-order valence-corrected chi connectivity index (χ2v) is 7.44. The molecule has 0 aliphatic heterocycles. The molecule has 0 saturated heterocycles. The summed E-state index contributed by atoms with van der Waals surface area (Å²) in [6, 6.07) is -5.29. The Bertz CT molecular complexity index is 889. The van der Waals surface area contributed by atoms with Gasteiger partial charge in [0.25, 0.3) is 0 Å². The zero-order chi connectivity index (χ0) is 25.8. The topological polar surface area (TPSA) is 254 Å². The van der Waals surface area contributed by atoms with Gasteiger partial charge in [0.15, 0.2) is 0 Å². The number of carbonyl (C=O) groups is 6. The average Bonchev–Trinajstić information content (AvgIpc) is 3.25. The van der Waals surface area contributed by atoms with Gasteiger partial charge in [0, 0.05) is 31.2 Å². The molecule has 0 fully saturated rings. The first-order valence-corrected chi connectivity index (χ1v) is 10.2. The summed E-state index contributed by atoms with van der Waals surface area (Å²) in [5.74, 6) is -6.55. The van der Waals surface area contributed by atoms with Crippen LogP contribution in [-0.2, 0) is 35.2 Å². The Hall–Kier alpha value is -4.01. The number of nitrogens with two attached hydrogens (primary N) is 1. The predicted molar refractivity (Wildman–Crippen MR) is 113 cm³/mol. The Morgan fingerprint density at radius 1 is 0.912 bits per heavy atom. The van der Waals surface area contributed by atoms with Crippen molar-refractivity contribution in [1.29, 1.82) is 0 Å². The van der Waals surface area contributed by atoms with Crippen molar-refractivity contribution in [2.75, 3.05) is 0 Å². The predicted octanol–water partition coefficient (Wildman–Crippen LogP) is -2.43. The molecule has 4 unspecified atom stereocenters. The van der Waals surface area contributed by atoms with E-state index in [4.69, 9.17) is 21.1 Å². The third kappa shape index (κ3) is 10.1. The second kappa shape index (κ2) is 13.5. The van der Waals surface area contributed by atoms with Crippen molar-refractivity contribution in [2.45, 2.75) is 63.2 Å². The molecule has 1 rings (SSSR count). The Labute approximate surface area is 193 Å². The van der Waals surface area contributed by atoms with Crippen LogP contribution >= 0.6 is 0 Å². The normalized spacial score (nSPS) is 14.2. The van der Waals surface area contributed by atoms with E-state index in [1.165, 1.54) is 19.4 Å². The summed E-state index contributed by atoms with van der Waals surface area (Å²) < 4.78 is 0. The third-order valence-electron chi connectivity index (χ3n) is 4.62. The molecule has 0 radical (unpaired) electrons. The van der Waals surface area contributed by atoms with Crippen LogP contribution < -0.4 is 21.7 Å². The fraction of sp³-hybridized carbons (Fsp3) is 0.526. The lowest BCUT2D eigenvalue weighted by Gasteiger charge is -2.24. The number of imidazole rings is 1. The van der Waals surface area contributed by atoms with Crippen LogP contribution in [0.15, 0.2) is 12.5 Å². The van der Waals surface area contributed by atoms with Gasteiger partial charge in [-0.3, -0.25) is 28.8 Å². The van der Waals surface area contributed by atoms with Gasteiger partial charge in [0.05, 0.1) is 12.4 Å². The van der Waals surface area contributed by atoms with E-state index in [2.05, 4.69) is 25.9 Å². The van der Waals surface area contributed by atoms with Gasteiger partial charge < -0.3 is 42.0 Å². The summed E-state index contributed by atoms with van der Waals surface area (Å²) in [7, 11) is 0. The number of nitrogens with zero attached hydrogens (tertiary/aromatic N) is 1. The highest BCUT2D eigenvalue weighted by Crippen LogP contribution is 2.05. The number of rotatable bonds is 15. The molecule has 0 saturated carbocycles. The van der Waals surface area contributed by atoms with Crippen LogP contribution in [0.2, 0.25) is 0 Å². The first-order valence-electron chi connectivity index (χ1n) is 10.2. The van der Waals surface area contributed by atoms with E-state index in [0.29, 0.717) is 5.69 Å². The summed E-state index contributed by atoms with van der Waals surface area (Å²) in [6.45, 7) is 1.17. The van der Waals surface area contributed by atoms with Gasteiger partial charge in [0.2, 0.25) is 17.7 Å². The number of hydrogen-bond acceptors (Lipinski definition) is 8. The van der Waals surface area contributed by atoms with E-state index in [1.54, 1.807) is 0 Å². The summed E-state index contributed by atoms with van der Waals surface area (Å²) >= 11 is 0. The van der Waals surface area contributed by atoms with Crippen molar-refractivity contribution in [3.8, 4) is 0 Å². The number of aromatic nitrogens is 2. The molecule has 0 aliphatic carbocycles.